The summed E-state index contributed by atoms with van der Waals surface area (Å²) in [7, 11) is 1.47. The van der Waals surface area contributed by atoms with E-state index in [0.29, 0.717) is 31.2 Å². The summed E-state index contributed by atoms with van der Waals surface area (Å²) in [5.41, 5.74) is -0.230. The van der Waals surface area contributed by atoms with E-state index in [0.717, 1.165) is 25.9 Å². The van der Waals surface area contributed by atoms with Gasteiger partial charge in [0.05, 0.1) is 18.1 Å². The highest BCUT2D eigenvalue weighted by molar-refractivity contribution is 5.98. The van der Waals surface area contributed by atoms with E-state index < -0.39 is 11.2 Å². The van der Waals surface area contributed by atoms with E-state index in [9.17, 15) is 14.0 Å². The summed E-state index contributed by atoms with van der Waals surface area (Å²) in [6, 6.07) is 3.97. The molecular weight excluding hydrogens is 335 g/mol. The van der Waals surface area contributed by atoms with Crippen LogP contribution in [-0.4, -0.2) is 54.9 Å². The predicted octanol–water partition coefficient (Wildman–Crippen LogP) is 2.70. The van der Waals surface area contributed by atoms with E-state index >= 15 is 0 Å². The number of methoxy groups -OCH3 is 1. The van der Waals surface area contributed by atoms with E-state index in [-0.39, 0.29) is 17.4 Å². The van der Waals surface area contributed by atoms with Crippen LogP contribution >= 0.6 is 0 Å². The lowest BCUT2D eigenvalue weighted by Gasteiger charge is -2.39. The fraction of sp³-hybridized carbons (Fsp3) is 0.600. The number of ether oxygens (including phenoxy) is 1. The van der Waals surface area contributed by atoms with Crippen molar-refractivity contribution in [2.75, 3.05) is 33.3 Å². The summed E-state index contributed by atoms with van der Waals surface area (Å²) in [6.45, 7) is 2.65. The van der Waals surface area contributed by atoms with Crippen molar-refractivity contribution >= 4 is 11.8 Å². The number of hydrogen-bond acceptors (Lipinski definition) is 3. The van der Waals surface area contributed by atoms with Gasteiger partial charge in [0.1, 0.15) is 11.6 Å². The molecule has 1 saturated carbocycles. The highest BCUT2D eigenvalue weighted by Gasteiger charge is 2.50. The molecule has 2 heterocycles. The number of benzene rings is 1. The first-order valence-corrected chi connectivity index (χ1v) is 9.45. The Morgan fingerprint density at radius 1 is 1.31 bits per heavy atom. The molecule has 2 aliphatic heterocycles. The van der Waals surface area contributed by atoms with Crippen LogP contribution in [0.15, 0.2) is 18.2 Å². The van der Waals surface area contributed by atoms with Crippen LogP contribution in [0.1, 0.15) is 42.5 Å². The molecule has 1 aliphatic carbocycles. The normalized spacial score (nSPS) is 25.8. The van der Waals surface area contributed by atoms with Crippen LogP contribution in [0.3, 0.4) is 0 Å². The fourth-order valence-electron chi connectivity index (χ4n) is 4.38. The second-order valence-corrected chi connectivity index (χ2v) is 7.90. The Morgan fingerprint density at radius 3 is 2.85 bits per heavy atom. The third kappa shape index (κ3) is 3.06. The van der Waals surface area contributed by atoms with Gasteiger partial charge < -0.3 is 14.5 Å². The van der Waals surface area contributed by atoms with Gasteiger partial charge in [0.15, 0.2) is 0 Å². The molecule has 0 aromatic heterocycles. The Morgan fingerprint density at radius 2 is 2.12 bits per heavy atom. The minimum absolute atomic E-state index is 0.206. The zero-order valence-corrected chi connectivity index (χ0v) is 15.2. The van der Waals surface area contributed by atoms with Crippen molar-refractivity contribution in [1.29, 1.82) is 0 Å². The Balaban J connectivity index is 1.51. The van der Waals surface area contributed by atoms with E-state index in [1.807, 2.05) is 4.90 Å². The van der Waals surface area contributed by atoms with Crippen molar-refractivity contribution in [3.05, 3.63) is 29.6 Å². The summed E-state index contributed by atoms with van der Waals surface area (Å²) in [6.07, 6.45) is 4.96. The van der Waals surface area contributed by atoms with Crippen LogP contribution in [0, 0.1) is 17.2 Å². The van der Waals surface area contributed by atoms with Crippen LogP contribution in [0.2, 0.25) is 0 Å². The van der Waals surface area contributed by atoms with Crippen molar-refractivity contribution in [2.45, 2.75) is 32.1 Å². The van der Waals surface area contributed by atoms with E-state index in [4.69, 9.17) is 4.74 Å². The summed E-state index contributed by atoms with van der Waals surface area (Å²) in [5, 5.41) is 0. The number of carbonyl (C=O) groups is 2. The third-order valence-corrected chi connectivity index (χ3v) is 6.03. The molecule has 1 aromatic rings. The van der Waals surface area contributed by atoms with E-state index in [1.54, 1.807) is 4.90 Å². The predicted molar refractivity (Wildman–Crippen MR) is 94.4 cm³/mol. The van der Waals surface area contributed by atoms with Crippen LogP contribution in [-0.2, 0) is 4.79 Å². The van der Waals surface area contributed by atoms with Gasteiger partial charge in [-0.25, -0.2) is 4.39 Å². The van der Waals surface area contributed by atoms with Crippen molar-refractivity contribution in [1.82, 2.24) is 9.80 Å². The maximum absolute atomic E-state index is 13.6. The maximum Gasteiger partial charge on any atom is 0.257 e. The van der Waals surface area contributed by atoms with Gasteiger partial charge in [-0.15, -0.1) is 0 Å². The number of halogens is 1. The molecule has 3 aliphatic rings. The standard InChI is InChI=1S/C20H25FN2O3/c1-26-17-6-5-15(21)11-16(17)18(24)23-10-8-20(13-23)7-2-9-22(19(20)25)12-14-3-4-14/h5-6,11,14H,2-4,7-10,12-13H2,1H3/t20-/m0/s1. The molecule has 2 amide bonds. The minimum Gasteiger partial charge on any atom is -0.496 e. The molecule has 140 valence electrons. The Kier molecular flexibility index (Phi) is 4.37. The minimum atomic E-state index is -0.465. The molecule has 0 bridgehead atoms. The lowest BCUT2D eigenvalue weighted by atomic mass is 9.78. The van der Waals surface area contributed by atoms with Crippen LogP contribution < -0.4 is 4.74 Å². The number of piperidine rings is 1. The first-order chi connectivity index (χ1) is 12.5. The summed E-state index contributed by atoms with van der Waals surface area (Å²) >= 11 is 0. The lowest BCUT2D eigenvalue weighted by Crippen LogP contribution is -2.51. The van der Waals surface area contributed by atoms with Gasteiger partial charge in [0, 0.05) is 26.2 Å². The van der Waals surface area contributed by atoms with Gasteiger partial charge in [0.25, 0.3) is 5.91 Å². The number of rotatable bonds is 4. The summed E-state index contributed by atoms with van der Waals surface area (Å²) in [5.74, 6) is 0.516. The highest BCUT2D eigenvalue weighted by Crippen LogP contribution is 2.42. The van der Waals surface area contributed by atoms with Crippen molar-refractivity contribution in [2.24, 2.45) is 11.3 Å². The van der Waals surface area contributed by atoms with Crippen LogP contribution in [0.4, 0.5) is 4.39 Å². The first-order valence-electron chi connectivity index (χ1n) is 9.45. The highest BCUT2D eigenvalue weighted by atomic mass is 19.1. The van der Waals surface area contributed by atoms with Gasteiger partial charge in [-0.3, -0.25) is 9.59 Å². The molecule has 4 rings (SSSR count). The van der Waals surface area contributed by atoms with Crippen molar-refractivity contribution in [3.8, 4) is 5.75 Å². The molecule has 2 saturated heterocycles. The van der Waals surface area contributed by atoms with Crippen LogP contribution in [0.5, 0.6) is 5.75 Å². The molecule has 1 atom stereocenters. The Hall–Kier alpha value is -2.11. The maximum atomic E-state index is 13.6. The smallest absolute Gasteiger partial charge is 0.257 e. The van der Waals surface area contributed by atoms with Crippen molar-refractivity contribution in [3.63, 3.8) is 0 Å². The molecular formula is C20H25FN2O3. The molecule has 0 unspecified atom stereocenters. The molecule has 0 radical (unpaired) electrons. The van der Waals surface area contributed by atoms with E-state index in [2.05, 4.69) is 0 Å². The van der Waals surface area contributed by atoms with Gasteiger partial charge in [-0.05, 0) is 56.2 Å². The SMILES string of the molecule is COc1ccc(F)cc1C(=O)N1CC[C@@]2(CCCN(CC3CC3)C2=O)C1. The molecule has 0 N–H and O–H groups in total. The second kappa shape index (κ2) is 6.56. The largest absolute Gasteiger partial charge is 0.496 e. The number of hydrogen-bond donors (Lipinski definition) is 0. The zero-order chi connectivity index (χ0) is 18.3. The van der Waals surface area contributed by atoms with Gasteiger partial charge in [0.2, 0.25) is 5.91 Å². The second-order valence-electron chi connectivity index (χ2n) is 7.90. The molecule has 26 heavy (non-hydrogen) atoms. The molecule has 1 aromatic carbocycles. The van der Waals surface area contributed by atoms with Crippen LogP contribution in [0.25, 0.3) is 0 Å². The summed E-state index contributed by atoms with van der Waals surface area (Å²) in [4.78, 5) is 29.7. The zero-order valence-electron chi connectivity index (χ0n) is 15.2. The molecule has 3 fully saturated rings. The number of carbonyl (C=O) groups excluding carboxylic acids is 2. The number of nitrogens with zero attached hydrogens (tertiary/aromatic N) is 2. The number of amides is 2. The average molecular weight is 360 g/mol. The Labute approximate surface area is 153 Å². The molecule has 6 heteroatoms. The first kappa shape index (κ1) is 17.3. The Bertz CT molecular complexity index is 734. The fourth-order valence-corrected chi connectivity index (χ4v) is 4.38. The van der Waals surface area contributed by atoms with Gasteiger partial charge in [-0.1, -0.05) is 0 Å². The molecule has 5 nitrogen and oxygen atoms in total. The van der Waals surface area contributed by atoms with E-state index in [1.165, 1.54) is 38.2 Å². The lowest BCUT2D eigenvalue weighted by molar-refractivity contribution is -0.145. The topological polar surface area (TPSA) is 49.9 Å². The third-order valence-electron chi connectivity index (χ3n) is 6.03. The molecule has 1 spiro atoms. The average Bonchev–Trinajstić information content (AvgIpc) is 3.36. The van der Waals surface area contributed by atoms with Gasteiger partial charge in [-0.2, -0.15) is 0 Å². The van der Waals surface area contributed by atoms with Gasteiger partial charge >= 0.3 is 0 Å². The summed E-state index contributed by atoms with van der Waals surface area (Å²) < 4.78 is 18.9. The number of likely N-dealkylation sites (tertiary alicyclic amines) is 2. The quantitative estimate of drug-likeness (QED) is 0.830. The monoisotopic (exact) mass is 360 g/mol. The van der Waals surface area contributed by atoms with Crippen molar-refractivity contribution < 1.29 is 18.7 Å².